The molecule has 1 N–H and O–H groups in total. The molecule has 0 heterocycles. The SMILES string of the molecule is C[C@@H](C(=O)NC(C)(C)C)N(Cc1c(Cl)cccc1Cl)C(=O)CSCc1ccc(Cl)cc1Cl. The lowest BCUT2D eigenvalue weighted by atomic mass is 10.1. The summed E-state index contributed by atoms with van der Waals surface area (Å²) in [5.41, 5.74) is 1.06. The van der Waals surface area contributed by atoms with Gasteiger partial charge in [0.05, 0.1) is 5.75 Å². The molecule has 2 aromatic rings. The number of hydrogen-bond acceptors (Lipinski definition) is 3. The zero-order chi connectivity index (χ0) is 24.1. The van der Waals surface area contributed by atoms with E-state index in [0.29, 0.717) is 31.4 Å². The van der Waals surface area contributed by atoms with Gasteiger partial charge >= 0.3 is 0 Å². The van der Waals surface area contributed by atoms with Gasteiger partial charge in [-0.25, -0.2) is 0 Å². The van der Waals surface area contributed by atoms with Crippen LogP contribution in [0.4, 0.5) is 0 Å². The van der Waals surface area contributed by atoms with Crippen LogP contribution in [0.25, 0.3) is 0 Å². The highest BCUT2D eigenvalue weighted by molar-refractivity contribution is 7.99. The number of thioether (sulfide) groups is 1. The third kappa shape index (κ3) is 8.03. The Bertz CT molecular complexity index is 959. The molecule has 0 aromatic heterocycles. The molecule has 0 fully saturated rings. The Kier molecular flexibility index (Phi) is 10.0. The summed E-state index contributed by atoms with van der Waals surface area (Å²) in [6, 6.07) is 9.71. The molecule has 0 aliphatic heterocycles. The van der Waals surface area contributed by atoms with Gasteiger partial charge in [0.2, 0.25) is 11.8 Å². The summed E-state index contributed by atoms with van der Waals surface area (Å²) in [6.45, 7) is 7.49. The van der Waals surface area contributed by atoms with Crippen LogP contribution in [-0.4, -0.2) is 34.0 Å². The summed E-state index contributed by atoms with van der Waals surface area (Å²) in [6.07, 6.45) is 0. The average molecular weight is 536 g/mol. The molecule has 0 aliphatic rings. The van der Waals surface area contributed by atoms with Gasteiger partial charge in [-0.1, -0.05) is 58.5 Å². The second-order valence-corrected chi connectivity index (χ2v) is 11.0. The molecule has 2 rings (SSSR count). The van der Waals surface area contributed by atoms with Crippen molar-refractivity contribution in [1.29, 1.82) is 0 Å². The first kappa shape index (κ1) is 27.1. The standard InChI is InChI=1S/C23H26Cl4N2O2S/c1-14(22(31)28-23(2,3)4)29(11-17-18(25)6-5-7-19(17)26)21(30)13-32-12-15-8-9-16(24)10-20(15)27/h5-10,14H,11-13H2,1-4H3,(H,28,31)/t14-/m0/s1. The lowest BCUT2D eigenvalue weighted by molar-refractivity contribution is -0.139. The fourth-order valence-electron chi connectivity index (χ4n) is 2.88. The molecule has 174 valence electrons. The van der Waals surface area contributed by atoms with Crippen molar-refractivity contribution >= 4 is 70.0 Å². The number of rotatable bonds is 8. The maximum atomic E-state index is 13.2. The minimum absolute atomic E-state index is 0.123. The summed E-state index contributed by atoms with van der Waals surface area (Å²) < 4.78 is 0. The van der Waals surface area contributed by atoms with E-state index in [1.54, 1.807) is 37.3 Å². The monoisotopic (exact) mass is 534 g/mol. The lowest BCUT2D eigenvalue weighted by Crippen LogP contribution is -2.52. The first-order valence-corrected chi connectivity index (χ1v) is 12.6. The van der Waals surface area contributed by atoms with E-state index < -0.39 is 11.6 Å². The molecule has 4 nitrogen and oxygen atoms in total. The first-order chi connectivity index (χ1) is 14.9. The number of carbonyl (C=O) groups is 2. The molecular formula is C23H26Cl4N2O2S. The molecule has 0 unspecified atom stereocenters. The lowest BCUT2D eigenvalue weighted by Gasteiger charge is -2.32. The quantitative estimate of drug-likeness (QED) is 0.401. The van der Waals surface area contributed by atoms with E-state index in [1.807, 2.05) is 26.8 Å². The van der Waals surface area contributed by atoms with Crippen LogP contribution in [0.1, 0.15) is 38.8 Å². The van der Waals surface area contributed by atoms with Crippen molar-refractivity contribution in [3.05, 3.63) is 67.6 Å². The Hall–Kier alpha value is -1.11. The van der Waals surface area contributed by atoms with Gasteiger partial charge in [0.15, 0.2) is 0 Å². The van der Waals surface area contributed by atoms with Crippen molar-refractivity contribution in [2.75, 3.05) is 5.75 Å². The second-order valence-electron chi connectivity index (χ2n) is 8.37. The highest BCUT2D eigenvalue weighted by Gasteiger charge is 2.29. The van der Waals surface area contributed by atoms with Crippen molar-refractivity contribution in [2.24, 2.45) is 0 Å². The van der Waals surface area contributed by atoms with Crippen LogP contribution >= 0.6 is 58.2 Å². The van der Waals surface area contributed by atoms with Gasteiger partial charge in [-0.15, -0.1) is 11.8 Å². The molecule has 9 heteroatoms. The van der Waals surface area contributed by atoms with Gasteiger partial charge < -0.3 is 10.2 Å². The fraction of sp³-hybridized carbons (Fsp3) is 0.391. The molecule has 0 aliphatic carbocycles. The van der Waals surface area contributed by atoms with E-state index in [1.165, 1.54) is 16.7 Å². The number of benzene rings is 2. The van der Waals surface area contributed by atoms with Crippen LogP contribution in [0.2, 0.25) is 20.1 Å². The topological polar surface area (TPSA) is 49.4 Å². The maximum absolute atomic E-state index is 13.2. The van der Waals surface area contributed by atoms with Crippen molar-refractivity contribution < 1.29 is 9.59 Å². The number of halogens is 4. The molecule has 0 saturated heterocycles. The van der Waals surface area contributed by atoms with E-state index in [9.17, 15) is 9.59 Å². The zero-order valence-corrected chi connectivity index (χ0v) is 22.2. The average Bonchev–Trinajstić information content (AvgIpc) is 2.67. The summed E-state index contributed by atoms with van der Waals surface area (Å²) >= 11 is 26.2. The molecule has 1 atom stereocenters. The van der Waals surface area contributed by atoms with Crippen LogP contribution < -0.4 is 5.32 Å². The molecule has 2 amide bonds. The van der Waals surface area contributed by atoms with E-state index in [2.05, 4.69) is 5.32 Å². The molecule has 0 spiro atoms. The fourth-order valence-corrected chi connectivity index (χ4v) is 4.87. The van der Waals surface area contributed by atoms with E-state index >= 15 is 0 Å². The molecular weight excluding hydrogens is 510 g/mol. The van der Waals surface area contributed by atoms with Gasteiger partial charge in [-0.2, -0.15) is 0 Å². The van der Waals surface area contributed by atoms with Crippen molar-refractivity contribution in [1.82, 2.24) is 10.2 Å². The molecule has 0 bridgehead atoms. The maximum Gasteiger partial charge on any atom is 0.242 e. The third-order valence-electron chi connectivity index (χ3n) is 4.55. The number of hydrogen-bond donors (Lipinski definition) is 1. The van der Waals surface area contributed by atoms with Gasteiger partial charge in [-0.3, -0.25) is 9.59 Å². The molecule has 32 heavy (non-hydrogen) atoms. The molecule has 0 radical (unpaired) electrons. The summed E-state index contributed by atoms with van der Waals surface area (Å²) in [7, 11) is 0. The van der Waals surface area contributed by atoms with Crippen LogP contribution in [-0.2, 0) is 21.9 Å². The predicted octanol–water partition coefficient (Wildman–Crippen LogP) is 6.87. The number of carbonyl (C=O) groups excluding carboxylic acids is 2. The van der Waals surface area contributed by atoms with Gasteiger partial charge in [0.25, 0.3) is 0 Å². The Labute approximate surface area is 213 Å². The summed E-state index contributed by atoms with van der Waals surface area (Å²) in [5.74, 6) is 0.242. The van der Waals surface area contributed by atoms with Crippen molar-refractivity contribution in [2.45, 2.75) is 51.6 Å². The molecule has 0 saturated carbocycles. The smallest absolute Gasteiger partial charge is 0.242 e. The Balaban J connectivity index is 2.18. The normalized spacial score (nSPS) is 12.4. The second kappa shape index (κ2) is 11.8. The number of nitrogens with zero attached hydrogens (tertiary/aromatic N) is 1. The van der Waals surface area contributed by atoms with Crippen LogP contribution in [0, 0.1) is 0 Å². The highest BCUT2D eigenvalue weighted by atomic mass is 35.5. The third-order valence-corrected chi connectivity index (χ3v) is 6.82. The van der Waals surface area contributed by atoms with E-state index in [-0.39, 0.29) is 24.1 Å². The largest absolute Gasteiger partial charge is 0.350 e. The summed E-state index contributed by atoms with van der Waals surface area (Å²) in [5, 5.41) is 4.92. The van der Waals surface area contributed by atoms with Crippen molar-refractivity contribution in [3.8, 4) is 0 Å². The van der Waals surface area contributed by atoms with E-state index in [0.717, 1.165) is 5.56 Å². The minimum Gasteiger partial charge on any atom is -0.350 e. The van der Waals surface area contributed by atoms with Crippen LogP contribution in [0.15, 0.2) is 36.4 Å². The minimum atomic E-state index is -0.714. The van der Waals surface area contributed by atoms with Gasteiger partial charge in [-0.05, 0) is 57.5 Å². The Morgan fingerprint density at radius 3 is 2.22 bits per heavy atom. The number of nitrogens with one attached hydrogen (secondary N) is 1. The number of amides is 2. The van der Waals surface area contributed by atoms with Gasteiger partial charge in [0.1, 0.15) is 6.04 Å². The van der Waals surface area contributed by atoms with Crippen molar-refractivity contribution in [3.63, 3.8) is 0 Å². The zero-order valence-electron chi connectivity index (χ0n) is 18.3. The van der Waals surface area contributed by atoms with Crippen LogP contribution in [0.3, 0.4) is 0 Å². The molecule has 2 aromatic carbocycles. The first-order valence-electron chi connectivity index (χ1n) is 9.95. The Morgan fingerprint density at radius 2 is 1.66 bits per heavy atom. The highest BCUT2D eigenvalue weighted by Crippen LogP contribution is 2.28. The predicted molar refractivity (Wildman–Crippen MR) is 137 cm³/mol. The van der Waals surface area contributed by atoms with E-state index in [4.69, 9.17) is 46.4 Å². The summed E-state index contributed by atoms with van der Waals surface area (Å²) in [4.78, 5) is 27.5. The Morgan fingerprint density at radius 1 is 1.03 bits per heavy atom. The van der Waals surface area contributed by atoms with Gasteiger partial charge in [0, 0.05) is 43.5 Å². The van der Waals surface area contributed by atoms with Crippen LogP contribution in [0.5, 0.6) is 0 Å².